The number of hydrogen-bond donors (Lipinski definition) is 1. The molecular weight excluding hydrogens is 382 g/mol. The Hall–Kier alpha value is -2.86. The van der Waals surface area contributed by atoms with Gasteiger partial charge in [-0.15, -0.1) is 11.3 Å². The largest absolute Gasteiger partial charge is 0.378 e. The second kappa shape index (κ2) is 7.87. The molecule has 1 atom stereocenters. The van der Waals surface area contributed by atoms with Crippen LogP contribution >= 0.6 is 11.3 Å². The predicted octanol–water partition coefficient (Wildman–Crippen LogP) is 3.96. The van der Waals surface area contributed by atoms with Gasteiger partial charge in [0.05, 0.1) is 4.88 Å². The third-order valence-electron chi connectivity index (χ3n) is 5.56. The molecule has 3 aromatic rings. The zero-order chi connectivity index (χ0) is 20.5. The summed E-state index contributed by atoms with van der Waals surface area (Å²) in [7, 11) is 5.60. The van der Waals surface area contributed by atoms with Crippen LogP contribution in [0.4, 0.5) is 5.69 Å². The van der Waals surface area contributed by atoms with Crippen molar-refractivity contribution in [2.45, 2.75) is 12.3 Å². The monoisotopic (exact) mass is 407 g/mol. The minimum absolute atomic E-state index is 0.0512. The Labute approximate surface area is 174 Å². The number of anilines is 1. The second-order valence-electron chi connectivity index (χ2n) is 7.60. The molecule has 0 aliphatic carbocycles. The fraction of sp³-hybridized carbons (Fsp3) is 0.304. The number of amides is 2. The summed E-state index contributed by atoms with van der Waals surface area (Å²) in [5, 5.41) is 3.90. The molecule has 1 aliphatic heterocycles. The van der Waals surface area contributed by atoms with Crippen molar-refractivity contribution in [1.82, 2.24) is 10.2 Å². The lowest BCUT2D eigenvalue weighted by Gasteiger charge is -2.19. The standard InChI is InChI=1S/C23H25N3O2S/c1-24-22(27)21-20(18-9-4-5-10-19(18)29-21)16-11-12-26(14-16)23(28)15-7-6-8-17(13-15)25(2)3/h4-10,13,16H,11-12,14H2,1-3H3,(H,24,27). The maximum Gasteiger partial charge on any atom is 0.261 e. The number of fused-ring (bicyclic) bond motifs is 1. The van der Waals surface area contributed by atoms with E-state index in [4.69, 9.17) is 0 Å². The number of thiophene rings is 1. The van der Waals surface area contributed by atoms with E-state index in [9.17, 15) is 9.59 Å². The molecule has 0 spiro atoms. The maximum atomic E-state index is 13.1. The van der Waals surface area contributed by atoms with Gasteiger partial charge in [-0.25, -0.2) is 0 Å². The van der Waals surface area contributed by atoms with Crippen LogP contribution in [0, 0.1) is 0 Å². The highest BCUT2D eigenvalue weighted by molar-refractivity contribution is 7.21. The lowest BCUT2D eigenvalue weighted by Crippen LogP contribution is -2.29. The van der Waals surface area contributed by atoms with E-state index >= 15 is 0 Å². The molecule has 0 radical (unpaired) electrons. The zero-order valence-electron chi connectivity index (χ0n) is 16.9. The molecular formula is C23H25N3O2S. The molecule has 2 amide bonds. The Balaban J connectivity index is 1.63. The molecule has 29 heavy (non-hydrogen) atoms. The van der Waals surface area contributed by atoms with Crippen molar-refractivity contribution in [3.05, 3.63) is 64.5 Å². The first-order valence-corrected chi connectivity index (χ1v) is 10.6. The van der Waals surface area contributed by atoms with Gasteiger partial charge in [0, 0.05) is 56.1 Å². The molecule has 1 aliphatic rings. The number of carbonyl (C=O) groups excluding carboxylic acids is 2. The molecule has 1 N–H and O–H groups in total. The summed E-state index contributed by atoms with van der Waals surface area (Å²) in [6.07, 6.45) is 0.865. The van der Waals surface area contributed by atoms with Crippen molar-refractivity contribution in [1.29, 1.82) is 0 Å². The summed E-state index contributed by atoms with van der Waals surface area (Å²) in [6, 6.07) is 15.9. The quantitative estimate of drug-likeness (QED) is 0.712. The Morgan fingerprint density at radius 3 is 2.69 bits per heavy atom. The van der Waals surface area contributed by atoms with Gasteiger partial charge in [0.2, 0.25) is 0 Å². The molecule has 150 valence electrons. The number of carbonyl (C=O) groups is 2. The molecule has 1 unspecified atom stereocenters. The minimum atomic E-state index is -0.0512. The summed E-state index contributed by atoms with van der Waals surface area (Å²) in [5.74, 6) is 0.168. The van der Waals surface area contributed by atoms with Crippen molar-refractivity contribution in [2.24, 2.45) is 0 Å². The summed E-state index contributed by atoms with van der Waals surface area (Å²) >= 11 is 1.53. The molecule has 1 fully saturated rings. The van der Waals surface area contributed by atoms with Gasteiger partial charge in [-0.2, -0.15) is 0 Å². The third-order valence-corrected chi connectivity index (χ3v) is 6.75. The lowest BCUT2D eigenvalue weighted by atomic mass is 9.95. The van der Waals surface area contributed by atoms with Crippen LogP contribution in [0.2, 0.25) is 0 Å². The van der Waals surface area contributed by atoms with E-state index < -0.39 is 0 Å². The van der Waals surface area contributed by atoms with Crippen LogP contribution in [-0.2, 0) is 0 Å². The van der Waals surface area contributed by atoms with E-state index in [2.05, 4.69) is 17.4 Å². The Morgan fingerprint density at radius 2 is 1.93 bits per heavy atom. The van der Waals surface area contributed by atoms with Crippen LogP contribution in [-0.4, -0.2) is 50.9 Å². The van der Waals surface area contributed by atoms with Crippen molar-refractivity contribution >= 4 is 38.9 Å². The van der Waals surface area contributed by atoms with Gasteiger partial charge < -0.3 is 15.1 Å². The summed E-state index contributed by atoms with van der Waals surface area (Å²) in [5.41, 5.74) is 2.80. The van der Waals surface area contributed by atoms with E-state index in [1.165, 1.54) is 11.3 Å². The third kappa shape index (κ3) is 3.60. The SMILES string of the molecule is CNC(=O)c1sc2ccccc2c1C1CCN(C(=O)c2cccc(N(C)C)c2)C1. The van der Waals surface area contributed by atoms with Gasteiger partial charge in [0.25, 0.3) is 11.8 Å². The Kier molecular flexibility index (Phi) is 5.28. The van der Waals surface area contributed by atoms with Gasteiger partial charge >= 0.3 is 0 Å². The predicted molar refractivity (Wildman–Crippen MR) is 119 cm³/mol. The highest BCUT2D eigenvalue weighted by Gasteiger charge is 2.32. The molecule has 2 aromatic carbocycles. The van der Waals surface area contributed by atoms with Crippen molar-refractivity contribution < 1.29 is 9.59 Å². The fourth-order valence-corrected chi connectivity index (χ4v) is 5.27. The first kappa shape index (κ1) is 19.5. The highest BCUT2D eigenvalue weighted by atomic mass is 32.1. The molecule has 0 bridgehead atoms. The van der Waals surface area contributed by atoms with E-state index in [1.807, 2.05) is 60.3 Å². The van der Waals surface area contributed by atoms with Gasteiger partial charge in [-0.1, -0.05) is 24.3 Å². The van der Waals surface area contributed by atoms with Gasteiger partial charge in [0.1, 0.15) is 0 Å². The summed E-state index contributed by atoms with van der Waals surface area (Å²) < 4.78 is 1.12. The second-order valence-corrected chi connectivity index (χ2v) is 8.65. The molecule has 4 rings (SSSR count). The topological polar surface area (TPSA) is 52.7 Å². The van der Waals surface area contributed by atoms with Crippen LogP contribution in [0.15, 0.2) is 48.5 Å². The molecule has 1 aromatic heterocycles. The van der Waals surface area contributed by atoms with E-state index in [0.717, 1.165) is 32.6 Å². The summed E-state index contributed by atoms with van der Waals surface area (Å²) in [6.45, 7) is 1.34. The Morgan fingerprint density at radius 1 is 1.14 bits per heavy atom. The van der Waals surface area contributed by atoms with Gasteiger partial charge in [-0.05, 0) is 41.6 Å². The molecule has 1 saturated heterocycles. The molecule has 0 saturated carbocycles. The fourth-order valence-electron chi connectivity index (χ4n) is 4.03. The van der Waals surface area contributed by atoms with Crippen LogP contribution in [0.25, 0.3) is 10.1 Å². The molecule has 5 nitrogen and oxygen atoms in total. The lowest BCUT2D eigenvalue weighted by molar-refractivity contribution is 0.0791. The first-order chi connectivity index (χ1) is 14.0. The Bertz CT molecular complexity index is 1070. The van der Waals surface area contributed by atoms with E-state index in [1.54, 1.807) is 7.05 Å². The molecule has 6 heteroatoms. The number of hydrogen-bond acceptors (Lipinski definition) is 4. The van der Waals surface area contributed by atoms with Gasteiger partial charge in [-0.3, -0.25) is 9.59 Å². The zero-order valence-corrected chi connectivity index (χ0v) is 17.8. The average molecular weight is 408 g/mol. The van der Waals surface area contributed by atoms with E-state index in [0.29, 0.717) is 18.7 Å². The number of nitrogens with zero attached hydrogens (tertiary/aromatic N) is 2. The van der Waals surface area contributed by atoms with Crippen LogP contribution in [0.3, 0.4) is 0 Å². The van der Waals surface area contributed by atoms with Crippen LogP contribution < -0.4 is 10.2 Å². The first-order valence-electron chi connectivity index (χ1n) is 9.79. The summed E-state index contributed by atoms with van der Waals surface area (Å²) in [4.78, 5) is 30.3. The minimum Gasteiger partial charge on any atom is -0.378 e. The van der Waals surface area contributed by atoms with Crippen molar-refractivity contribution in [2.75, 3.05) is 39.1 Å². The number of rotatable bonds is 4. The van der Waals surface area contributed by atoms with E-state index in [-0.39, 0.29) is 17.7 Å². The number of nitrogens with one attached hydrogen (secondary N) is 1. The average Bonchev–Trinajstić information content (AvgIpc) is 3.37. The van der Waals surface area contributed by atoms with Crippen molar-refractivity contribution in [3.63, 3.8) is 0 Å². The number of benzene rings is 2. The maximum absolute atomic E-state index is 13.1. The normalized spacial score (nSPS) is 16.2. The molecule has 2 heterocycles. The van der Waals surface area contributed by atoms with Crippen molar-refractivity contribution in [3.8, 4) is 0 Å². The number of likely N-dealkylation sites (tertiary alicyclic amines) is 1. The van der Waals surface area contributed by atoms with Crippen LogP contribution in [0.5, 0.6) is 0 Å². The van der Waals surface area contributed by atoms with Crippen LogP contribution in [0.1, 0.15) is 37.9 Å². The highest BCUT2D eigenvalue weighted by Crippen LogP contribution is 2.40. The van der Waals surface area contributed by atoms with Gasteiger partial charge in [0.15, 0.2) is 0 Å². The smallest absolute Gasteiger partial charge is 0.261 e.